The Balaban J connectivity index is 1.61. The van der Waals surface area contributed by atoms with E-state index < -0.39 is 0 Å². The van der Waals surface area contributed by atoms with E-state index >= 15 is 0 Å². The lowest BCUT2D eigenvalue weighted by Gasteiger charge is -2.18. The maximum Gasteiger partial charge on any atom is 0.321 e. The highest BCUT2D eigenvalue weighted by Crippen LogP contribution is 2.18. The third kappa shape index (κ3) is 4.67. The normalized spacial score (nSPS) is 10.2. The Morgan fingerprint density at radius 3 is 2.54 bits per heavy atom. The number of anilines is 2. The standard InChI is InChI=1S/C19H18N4O2S/c1-23(13-16-6-2-3-10-20-16)19(25)22-15-8-4-7-14(12-15)21-18(24)17-9-5-11-26-17/h2-12H,13H2,1H3,(H,21,24)(H,22,25). The lowest BCUT2D eigenvalue weighted by Crippen LogP contribution is -2.31. The molecule has 0 spiro atoms. The number of carbonyl (C=O) groups is 2. The lowest BCUT2D eigenvalue weighted by atomic mass is 10.2. The second-order valence-electron chi connectivity index (χ2n) is 5.62. The molecule has 3 aromatic rings. The molecule has 0 aliphatic carbocycles. The monoisotopic (exact) mass is 366 g/mol. The minimum Gasteiger partial charge on any atom is -0.322 e. The summed E-state index contributed by atoms with van der Waals surface area (Å²) < 4.78 is 0. The van der Waals surface area contributed by atoms with Crippen molar-refractivity contribution in [2.24, 2.45) is 0 Å². The predicted octanol–water partition coefficient (Wildman–Crippen LogP) is 4.06. The van der Waals surface area contributed by atoms with Crippen molar-refractivity contribution in [1.82, 2.24) is 9.88 Å². The number of rotatable bonds is 5. The van der Waals surface area contributed by atoms with E-state index in [9.17, 15) is 9.59 Å². The molecule has 3 rings (SSSR count). The molecule has 2 N–H and O–H groups in total. The Morgan fingerprint density at radius 1 is 1.04 bits per heavy atom. The summed E-state index contributed by atoms with van der Waals surface area (Å²) in [5.74, 6) is -0.171. The van der Waals surface area contributed by atoms with Crippen molar-refractivity contribution < 1.29 is 9.59 Å². The molecule has 0 aliphatic heterocycles. The number of benzene rings is 1. The molecule has 0 saturated carbocycles. The van der Waals surface area contributed by atoms with Crippen LogP contribution in [0.25, 0.3) is 0 Å². The second-order valence-corrected chi connectivity index (χ2v) is 6.57. The van der Waals surface area contributed by atoms with Crippen LogP contribution in [0, 0.1) is 0 Å². The zero-order valence-electron chi connectivity index (χ0n) is 14.2. The Morgan fingerprint density at radius 2 is 1.85 bits per heavy atom. The molecule has 0 bridgehead atoms. The van der Waals surface area contributed by atoms with Crippen LogP contribution in [-0.2, 0) is 6.54 Å². The summed E-state index contributed by atoms with van der Waals surface area (Å²) in [4.78, 5) is 30.8. The molecule has 1 aromatic carbocycles. The van der Waals surface area contributed by atoms with Crippen LogP contribution in [0.2, 0.25) is 0 Å². The van der Waals surface area contributed by atoms with E-state index in [0.29, 0.717) is 22.8 Å². The van der Waals surface area contributed by atoms with E-state index in [2.05, 4.69) is 15.6 Å². The first-order chi connectivity index (χ1) is 12.6. The summed E-state index contributed by atoms with van der Waals surface area (Å²) in [7, 11) is 1.70. The summed E-state index contributed by atoms with van der Waals surface area (Å²) in [6.45, 7) is 0.404. The first-order valence-electron chi connectivity index (χ1n) is 7.99. The molecule has 2 aromatic heterocycles. The van der Waals surface area contributed by atoms with Gasteiger partial charge in [-0.15, -0.1) is 11.3 Å². The van der Waals surface area contributed by atoms with Gasteiger partial charge >= 0.3 is 6.03 Å². The number of thiophene rings is 1. The summed E-state index contributed by atoms with van der Waals surface area (Å²) in [6.07, 6.45) is 1.70. The first kappa shape index (κ1) is 17.6. The van der Waals surface area contributed by atoms with Gasteiger partial charge in [-0.1, -0.05) is 18.2 Å². The van der Waals surface area contributed by atoms with Crippen molar-refractivity contribution in [1.29, 1.82) is 0 Å². The van der Waals surface area contributed by atoms with Gasteiger partial charge in [0.2, 0.25) is 0 Å². The van der Waals surface area contributed by atoms with Gasteiger partial charge in [-0.25, -0.2) is 4.79 Å². The fourth-order valence-corrected chi connectivity index (χ4v) is 2.92. The third-order valence-corrected chi connectivity index (χ3v) is 4.46. The molecule has 2 heterocycles. The molecule has 0 saturated heterocycles. The Hall–Kier alpha value is -3.19. The number of hydrogen-bond acceptors (Lipinski definition) is 4. The predicted molar refractivity (Wildman–Crippen MR) is 103 cm³/mol. The summed E-state index contributed by atoms with van der Waals surface area (Å²) in [5, 5.41) is 7.49. The number of pyridine rings is 1. The molecule has 6 nitrogen and oxygen atoms in total. The van der Waals surface area contributed by atoms with Gasteiger partial charge in [0.1, 0.15) is 0 Å². The molecular formula is C19H18N4O2S. The van der Waals surface area contributed by atoms with Crippen molar-refractivity contribution in [3.8, 4) is 0 Å². The van der Waals surface area contributed by atoms with Gasteiger partial charge in [-0.3, -0.25) is 9.78 Å². The van der Waals surface area contributed by atoms with Crippen LogP contribution in [0.4, 0.5) is 16.2 Å². The van der Waals surface area contributed by atoms with Crippen LogP contribution in [0.15, 0.2) is 66.2 Å². The molecule has 26 heavy (non-hydrogen) atoms. The van der Waals surface area contributed by atoms with Crippen molar-refractivity contribution in [2.45, 2.75) is 6.54 Å². The smallest absolute Gasteiger partial charge is 0.321 e. The third-order valence-electron chi connectivity index (χ3n) is 3.59. The molecule has 0 unspecified atom stereocenters. The number of nitrogens with zero attached hydrogens (tertiary/aromatic N) is 2. The van der Waals surface area contributed by atoms with E-state index in [4.69, 9.17) is 0 Å². The number of urea groups is 1. The van der Waals surface area contributed by atoms with Crippen molar-refractivity contribution in [2.75, 3.05) is 17.7 Å². The van der Waals surface area contributed by atoms with Crippen LogP contribution in [0.5, 0.6) is 0 Å². The van der Waals surface area contributed by atoms with E-state index in [1.54, 1.807) is 48.5 Å². The second kappa shape index (κ2) is 8.26. The van der Waals surface area contributed by atoms with E-state index in [1.165, 1.54) is 11.3 Å². The lowest BCUT2D eigenvalue weighted by molar-refractivity contribution is 0.103. The molecule has 132 valence electrons. The van der Waals surface area contributed by atoms with Crippen molar-refractivity contribution >= 4 is 34.6 Å². The van der Waals surface area contributed by atoms with Gasteiger partial charge in [0.05, 0.1) is 17.1 Å². The minimum atomic E-state index is -0.252. The fraction of sp³-hybridized carbons (Fsp3) is 0.105. The molecular weight excluding hydrogens is 348 g/mol. The average Bonchev–Trinajstić information content (AvgIpc) is 3.17. The highest BCUT2D eigenvalue weighted by Gasteiger charge is 2.11. The first-order valence-corrected chi connectivity index (χ1v) is 8.87. The van der Waals surface area contributed by atoms with Gasteiger partial charge in [-0.05, 0) is 41.8 Å². The quantitative estimate of drug-likeness (QED) is 0.715. The van der Waals surface area contributed by atoms with Crippen LogP contribution < -0.4 is 10.6 Å². The number of aromatic nitrogens is 1. The Bertz CT molecular complexity index is 882. The average molecular weight is 366 g/mol. The Kier molecular flexibility index (Phi) is 5.60. The van der Waals surface area contributed by atoms with Crippen LogP contribution in [0.3, 0.4) is 0 Å². The molecule has 7 heteroatoms. The zero-order chi connectivity index (χ0) is 18.4. The van der Waals surface area contributed by atoms with Crippen LogP contribution in [-0.4, -0.2) is 28.9 Å². The van der Waals surface area contributed by atoms with Crippen molar-refractivity contribution in [3.05, 3.63) is 76.7 Å². The maximum absolute atomic E-state index is 12.3. The van der Waals surface area contributed by atoms with Gasteiger partial charge in [0, 0.05) is 24.6 Å². The maximum atomic E-state index is 12.3. The highest BCUT2D eigenvalue weighted by molar-refractivity contribution is 7.12. The number of carbonyl (C=O) groups excluding carboxylic acids is 2. The van der Waals surface area contributed by atoms with E-state index in [1.807, 2.05) is 29.6 Å². The van der Waals surface area contributed by atoms with Crippen LogP contribution in [0.1, 0.15) is 15.4 Å². The minimum absolute atomic E-state index is 0.171. The number of amides is 3. The fourth-order valence-electron chi connectivity index (χ4n) is 2.30. The summed E-state index contributed by atoms with van der Waals surface area (Å²) >= 11 is 1.38. The summed E-state index contributed by atoms with van der Waals surface area (Å²) in [6, 6.07) is 16.0. The topological polar surface area (TPSA) is 74.3 Å². The van der Waals surface area contributed by atoms with Gasteiger partial charge in [0.15, 0.2) is 0 Å². The molecule has 3 amide bonds. The van der Waals surface area contributed by atoms with Crippen LogP contribution >= 0.6 is 11.3 Å². The van der Waals surface area contributed by atoms with Gasteiger partial charge in [-0.2, -0.15) is 0 Å². The molecule has 0 radical (unpaired) electrons. The number of nitrogens with one attached hydrogen (secondary N) is 2. The molecule has 0 fully saturated rings. The zero-order valence-corrected chi connectivity index (χ0v) is 15.0. The largest absolute Gasteiger partial charge is 0.322 e. The number of hydrogen-bond donors (Lipinski definition) is 2. The van der Waals surface area contributed by atoms with Gasteiger partial charge in [0.25, 0.3) is 5.91 Å². The van der Waals surface area contributed by atoms with Gasteiger partial charge < -0.3 is 15.5 Å². The van der Waals surface area contributed by atoms with Crippen molar-refractivity contribution in [3.63, 3.8) is 0 Å². The molecule has 0 aliphatic rings. The Labute approximate surface area is 155 Å². The van der Waals surface area contributed by atoms with E-state index in [0.717, 1.165) is 5.69 Å². The molecule has 0 atom stereocenters. The van der Waals surface area contributed by atoms with E-state index in [-0.39, 0.29) is 11.9 Å². The summed E-state index contributed by atoms with van der Waals surface area (Å²) in [5.41, 5.74) is 2.03. The highest BCUT2D eigenvalue weighted by atomic mass is 32.1. The SMILES string of the molecule is CN(Cc1ccccn1)C(=O)Nc1cccc(NC(=O)c2cccs2)c1.